The number of phenols is 1. The molecule has 0 aliphatic heterocycles. The number of hydrogen-bond donors (Lipinski definition) is 1. The van der Waals surface area contributed by atoms with E-state index in [-0.39, 0.29) is 17.2 Å². The summed E-state index contributed by atoms with van der Waals surface area (Å²) in [6.07, 6.45) is 0.772. The summed E-state index contributed by atoms with van der Waals surface area (Å²) in [7, 11) is 0. The lowest BCUT2D eigenvalue weighted by molar-refractivity contribution is -0.388. The van der Waals surface area contributed by atoms with Crippen LogP contribution in [0.25, 0.3) is 0 Å². The second-order valence-electron chi connectivity index (χ2n) is 4.28. The number of rotatable bonds is 6. The molecule has 1 N–H and O–H groups in total. The Labute approximate surface area is 126 Å². The monoisotopic (exact) mass is 305 g/mol. The van der Waals surface area contributed by atoms with Gasteiger partial charge in [0.2, 0.25) is 0 Å². The highest BCUT2D eigenvalue weighted by molar-refractivity contribution is 7.99. The van der Waals surface area contributed by atoms with Gasteiger partial charge in [0, 0.05) is 0 Å². The number of phenolic OH excluding ortho intramolecular Hbond substituents is 1. The van der Waals surface area contributed by atoms with Crippen LogP contribution in [0.2, 0.25) is 0 Å². The third-order valence-electron chi connectivity index (χ3n) is 2.69. The van der Waals surface area contributed by atoms with Crippen LogP contribution in [0, 0.1) is 10.1 Å². The number of nitrogens with zero attached hydrogens (tertiary/aromatic N) is 1. The molecule has 0 fully saturated rings. The maximum atomic E-state index is 11.3. The van der Waals surface area contributed by atoms with Crippen molar-refractivity contribution < 1.29 is 14.8 Å². The number of nitro groups is 1. The maximum absolute atomic E-state index is 11.3. The van der Waals surface area contributed by atoms with E-state index in [4.69, 9.17) is 4.74 Å². The highest BCUT2D eigenvalue weighted by Gasteiger charge is 2.22. The predicted molar refractivity (Wildman–Crippen MR) is 81.1 cm³/mol. The smallest absolute Gasteiger partial charge is 0.324 e. The van der Waals surface area contributed by atoms with Gasteiger partial charge in [0.25, 0.3) is 0 Å². The first-order chi connectivity index (χ1) is 10.1. The van der Waals surface area contributed by atoms with E-state index < -0.39 is 4.92 Å². The molecule has 5 nitrogen and oxygen atoms in total. The van der Waals surface area contributed by atoms with Crippen molar-refractivity contribution in [3.8, 4) is 11.5 Å². The lowest BCUT2D eigenvalue weighted by Crippen LogP contribution is -2.00. The number of hydrogen-bond acceptors (Lipinski definition) is 5. The standard InChI is InChI=1S/C15H15NO4S/c1-2-10-20-12-7-5-9-14(15(12)16(18)19)21-13-8-4-3-6-11(13)17/h3-9,17H,2,10H2,1H3. The quantitative estimate of drug-likeness (QED) is 0.638. The van der Waals surface area contributed by atoms with Crippen molar-refractivity contribution in [1.82, 2.24) is 0 Å². The Bertz CT molecular complexity index is 645. The van der Waals surface area contributed by atoms with Crippen LogP contribution in [0.15, 0.2) is 52.3 Å². The molecule has 0 saturated carbocycles. The summed E-state index contributed by atoms with van der Waals surface area (Å²) in [5.41, 5.74) is -0.0702. The van der Waals surface area contributed by atoms with Gasteiger partial charge in [0.1, 0.15) is 5.75 Å². The molecule has 0 radical (unpaired) electrons. The molecule has 0 amide bonds. The summed E-state index contributed by atoms with van der Waals surface area (Å²) in [5, 5.41) is 21.1. The SMILES string of the molecule is CCCOc1cccc(Sc2ccccc2O)c1[N+](=O)[O-]. The highest BCUT2D eigenvalue weighted by Crippen LogP contribution is 2.42. The Morgan fingerprint density at radius 1 is 1.19 bits per heavy atom. The minimum Gasteiger partial charge on any atom is -0.507 e. The molecule has 6 heteroatoms. The maximum Gasteiger partial charge on any atom is 0.324 e. The van der Waals surface area contributed by atoms with Crippen molar-refractivity contribution >= 4 is 17.4 Å². The average Bonchev–Trinajstić information content (AvgIpc) is 2.47. The van der Waals surface area contributed by atoms with Crippen LogP contribution < -0.4 is 4.74 Å². The van der Waals surface area contributed by atoms with Crippen molar-refractivity contribution in [3.05, 3.63) is 52.6 Å². The van der Waals surface area contributed by atoms with Crippen molar-refractivity contribution in [2.24, 2.45) is 0 Å². The van der Waals surface area contributed by atoms with Crippen LogP contribution in [-0.2, 0) is 0 Å². The van der Waals surface area contributed by atoms with Gasteiger partial charge in [0.15, 0.2) is 5.75 Å². The van der Waals surface area contributed by atoms with E-state index in [0.717, 1.165) is 18.2 Å². The van der Waals surface area contributed by atoms with Crippen molar-refractivity contribution in [2.45, 2.75) is 23.1 Å². The Hall–Kier alpha value is -2.21. The van der Waals surface area contributed by atoms with E-state index in [2.05, 4.69) is 0 Å². The van der Waals surface area contributed by atoms with E-state index in [1.165, 1.54) is 0 Å². The first-order valence-corrected chi connectivity index (χ1v) is 7.31. The van der Waals surface area contributed by atoms with Crippen LogP contribution in [0.1, 0.15) is 13.3 Å². The van der Waals surface area contributed by atoms with Crippen molar-refractivity contribution in [1.29, 1.82) is 0 Å². The van der Waals surface area contributed by atoms with Gasteiger partial charge in [-0.15, -0.1) is 0 Å². The molecule has 0 atom stereocenters. The Morgan fingerprint density at radius 3 is 2.57 bits per heavy atom. The lowest BCUT2D eigenvalue weighted by Gasteiger charge is -2.09. The zero-order valence-corrected chi connectivity index (χ0v) is 12.3. The van der Waals surface area contributed by atoms with Gasteiger partial charge in [-0.25, -0.2) is 0 Å². The number of aromatic hydroxyl groups is 1. The van der Waals surface area contributed by atoms with Gasteiger partial charge >= 0.3 is 5.69 Å². The van der Waals surface area contributed by atoms with Crippen LogP contribution in [0.3, 0.4) is 0 Å². The first-order valence-electron chi connectivity index (χ1n) is 6.49. The van der Waals surface area contributed by atoms with Crippen LogP contribution >= 0.6 is 11.8 Å². The second-order valence-corrected chi connectivity index (χ2v) is 5.36. The molecule has 110 valence electrons. The fourth-order valence-corrected chi connectivity index (χ4v) is 2.73. The summed E-state index contributed by atoms with van der Waals surface area (Å²) in [6.45, 7) is 2.36. The molecule has 0 saturated heterocycles. The molecule has 0 unspecified atom stereocenters. The van der Waals surface area contributed by atoms with Gasteiger partial charge in [0.05, 0.1) is 21.3 Å². The minimum atomic E-state index is -0.451. The number of benzene rings is 2. The predicted octanol–water partition coefficient (Wildman–Crippen LogP) is 4.24. The first kappa shape index (κ1) is 15.2. The Morgan fingerprint density at radius 2 is 1.90 bits per heavy atom. The number of nitro benzene ring substituents is 1. The molecular weight excluding hydrogens is 290 g/mol. The normalized spacial score (nSPS) is 10.3. The molecule has 21 heavy (non-hydrogen) atoms. The van der Waals surface area contributed by atoms with Crippen molar-refractivity contribution in [2.75, 3.05) is 6.61 Å². The number of ether oxygens (including phenoxy) is 1. The van der Waals surface area contributed by atoms with E-state index >= 15 is 0 Å². The second kappa shape index (κ2) is 6.99. The number of para-hydroxylation sites is 2. The molecule has 2 rings (SSSR count). The lowest BCUT2D eigenvalue weighted by atomic mass is 10.3. The van der Waals surface area contributed by atoms with Gasteiger partial charge in [-0.1, -0.05) is 36.9 Å². The van der Waals surface area contributed by atoms with Crippen LogP contribution in [0.4, 0.5) is 5.69 Å². The summed E-state index contributed by atoms with van der Waals surface area (Å²) < 4.78 is 5.44. The van der Waals surface area contributed by atoms with E-state index in [0.29, 0.717) is 16.4 Å². The van der Waals surface area contributed by atoms with E-state index in [1.807, 2.05) is 6.92 Å². The largest absolute Gasteiger partial charge is 0.507 e. The van der Waals surface area contributed by atoms with Crippen LogP contribution in [0.5, 0.6) is 11.5 Å². The third kappa shape index (κ3) is 3.66. The molecule has 0 heterocycles. The average molecular weight is 305 g/mol. The minimum absolute atomic E-state index is 0.0702. The topological polar surface area (TPSA) is 72.6 Å². The molecule has 0 aliphatic carbocycles. The van der Waals surface area contributed by atoms with Gasteiger partial charge in [-0.2, -0.15) is 0 Å². The molecular formula is C15H15NO4S. The van der Waals surface area contributed by atoms with E-state index in [1.54, 1.807) is 42.5 Å². The summed E-state index contributed by atoms with van der Waals surface area (Å²) in [6, 6.07) is 11.7. The van der Waals surface area contributed by atoms with Crippen molar-refractivity contribution in [3.63, 3.8) is 0 Å². The summed E-state index contributed by atoms with van der Waals surface area (Å²) in [5.74, 6) is 0.346. The molecule has 2 aromatic rings. The fraction of sp³-hybridized carbons (Fsp3) is 0.200. The van der Waals surface area contributed by atoms with Crippen LogP contribution in [-0.4, -0.2) is 16.6 Å². The molecule has 0 aliphatic rings. The molecule has 0 spiro atoms. The molecule has 0 aromatic heterocycles. The molecule has 2 aromatic carbocycles. The third-order valence-corrected chi connectivity index (χ3v) is 3.81. The highest BCUT2D eigenvalue weighted by atomic mass is 32.2. The zero-order chi connectivity index (χ0) is 15.2. The Balaban J connectivity index is 2.39. The summed E-state index contributed by atoms with van der Waals surface area (Å²) >= 11 is 1.15. The zero-order valence-electron chi connectivity index (χ0n) is 11.5. The summed E-state index contributed by atoms with van der Waals surface area (Å²) in [4.78, 5) is 11.9. The van der Waals surface area contributed by atoms with Gasteiger partial charge in [-0.05, 0) is 30.7 Å². The van der Waals surface area contributed by atoms with Gasteiger partial charge < -0.3 is 9.84 Å². The Kier molecular flexibility index (Phi) is 5.05. The van der Waals surface area contributed by atoms with E-state index in [9.17, 15) is 15.2 Å². The fourth-order valence-electron chi connectivity index (χ4n) is 1.75. The molecule has 0 bridgehead atoms. The van der Waals surface area contributed by atoms with Gasteiger partial charge in [-0.3, -0.25) is 10.1 Å².